The summed E-state index contributed by atoms with van der Waals surface area (Å²) in [6.45, 7) is 7.11. The van der Waals surface area contributed by atoms with Gasteiger partial charge in [0.05, 0.1) is 12.4 Å². The first kappa shape index (κ1) is 85.4. The minimum Gasteiger partial charge on any atom is -0.508 e. The number of imidazole rings is 1. The molecule has 1 heterocycles. The summed E-state index contributed by atoms with van der Waals surface area (Å²) in [6.07, 6.45) is 3.71. The van der Waals surface area contributed by atoms with Gasteiger partial charge in [-0.1, -0.05) is 76.6 Å². The number of guanidine groups is 4. The van der Waals surface area contributed by atoms with E-state index in [1.54, 1.807) is 70.2 Å². The number of amides is 9. The van der Waals surface area contributed by atoms with Crippen LogP contribution in [-0.2, 0) is 67.2 Å². The van der Waals surface area contributed by atoms with Crippen molar-refractivity contribution < 1.29 is 58.2 Å². The fourth-order valence-electron chi connectivity index (χ4n) is 10.3. The minimum absolute atomic E-state index is 0.0000726. The maximum absolute atomic E-state index is 14.8. The molecule has 37 heteroatoms. The summed E-state index contributed by atoms with van der Waals surface area (Å²) in [5.74, 6) is -11.1. The van der Waals surface area contributed by atoms with Crippen molar-refractivity contribution in [1.82, 2.24) is 57.8 Å². The zero-order chi connectivity index (χ0) is 75.8. The van der Waals surface area contributed by atoms with Crippen LogP contribution in [0.15, 0.2) is 87.1 Å². The number of rotatable bonds is 48. The number of phenolic OH excluding ortho intramolecular Hbond substituents is 1. The standard InChI is InChI=1S/C65H107N25O12/c1-5-37(4)51(60(100)85-43(18-9-10-26-66)53(93)82-44(19-12-28-78-63(70)71)54(94)83-45(20-13-29-79-64(72)73)55(95)88-49(61(101)102)33-40-34-76-35-81-40)90-56(96)46(21-14-30-80-65(74)75)84-59(99)50(36(2)3)89-58(98)48(31-38-15-7-6-8-16-38)87-57(97)47(32-39-22-24-41(91)25-23-39)86-52(92)42(67)17-11-27-77-62(68)69/h6-8,15-16,22-25,34-37,42-51,91H,5,9-14,17-21,26-33,66-67H2,1-4H3,(H,76,81)(H,82,93)(H,83,94)(H,84,99)(H,85,100)(H,86,92)(H,87,97)(H,88,95)(H,89,98)(H,90,96)(H,101,102)(H4,68,69,77)(H4,70,71,78)(H4,72,73,79)(H4,74,75,80)/t37-,42-,43-,44-,45-,46-,47-,48-,49-,50-,51-/m0/s1. The first-order valence-electron chi connectivity index (χ1n) is 33.9. The van der Waals surface area contributed by atoms with Crippen molar-refractivity contribution >= 4 is 83.0 Å². The molecule has 0 aliphatic carbocycles. The monoisotopic (exact) mass is 1430 g/mol. The van der Waals surface area contributed by atoms with E-state index in [0.717, 1.165) is 0 Å². The lowest BCUT2D eigenvalue weighted by Gasteiger charge is -2.30. The number of aromatic nitrogens is 2. The van der Waals surface area contributed by atoms with Crippen molar-refractivity contribution in [2.24, 2.45) is 89.1 Å². The summed E-state index contributed by atoms with van der Waals surface area (Å²) in [5, 5.41) is 44.4. The lowest BCUT2D eigenvalue weighted by Crippen LogP contribution is -2.62. The van der Waals surface area contributed by atoms with E-state index in [4.69, 9.17) is 57.3 Å². The van der Waals surface area contributed by atoms with Crippen LogP contribution in [0, 0.1) is 11.8 Å². The number of carbonyl (C=O) groups excluding carboxylic acids is 9. The quantitative estimate of drug-likeness (QED) is 0.0143. The molecule has 0 aliphatic heterocycles. The molecule has 102 heavy (non-hydrogen) atoms. The van der Waals surface area contributed by atoms with Gasteiger partial charge in [-0.15, -0.1) is 0 Å². The van der Waals surface area contributed by atoms with Crippen LogP contribution in [0.25, 0.3) is 0 Å². The highest BCUT2D eigenvalue weighted by Gasteiger charge is 2.38. The summed E-state index contributed by atoms with van der Waals surface area (Å²) in [6, 6.07) is 0.849. The largest absolute Gasteiger partial charge is 0.508 e. The van der Waals surface area contributed by atoms with Gasteiger partial charge in [0.25, 0.3) is 0 Å². The number of carboxylic acid groups (broad SMARTS) is 1. The summed E-state index contributed by atoms with van der Waals surface area (Å²) >= 11 is 0. The van der Waals surface area contributed by atoms with E-state index in [1.165, 1.54) is 24.7 Å². The van der Waals surface area contributed by atoms with Gasteiger partial charge in [-0.25, -0.2) is 9.78 Å². The number of hydrogen-bond donors (Lipinski definition) is 22. The van der Waals surface area contributed by atoms with E-state index in [9.17, 15) is 58.2 Å². The Hall–Kier alpha value is -10.8. The van der Waals surface area contributed by atoms with Gasteiger partial charge in [0.15, 0.2) is 23.8 Å². The van der Waals surface area contributed by atoms with Crippen molar-refractivity contribution in [2.75, 3.05) is 32.7 Å². The molecule has 564 valence electrons. The lowest BCUT2D eigenvalue weighted by molar-refractivity contribution is -0.142. The van der Waals surface area contributed by atoms with Gasteiger partial charge in [-0.05, 0) is 112 Å². The van der Waals surface area contributed by atoms with E-state index in [0.29, 0.717) is 36.1 Å². The molecule has 0 unspecified atom stereocenters. The number of nitrogens with two attached hydrogens (primary N) is 10. The number of nitrogens with zero attached hydrogens (tertiary/aromatic N) is 5. The van der Waals surface area contributed by atoms with E-state index < -0.39 is 131 Å². The number of carbonyl (C=O) groups is 10. The van der Waals surface area contributed by atoms with Crippen LogP contribution in [0.2, 0.25) is 0 Å². The van der Waals surface area contributed by atoms with Crippen molar-refractivity contribution in [3.63, 3.8) is 0 Å². The Morgan fingerprint density at radius 3 is 1.25 bits per heavy atom. The number of aliphatic carboxylic acids is 1. The molecule has 3 aromatic rings. The number of nitrogens with one attached hydrogen (secondary N) is 10. The van der Waals surface area contributed by atoms with Crippen molar-refractivity contribution in [3.8, 4) is 5.75 Å². The molecule has 0 bridgehead atoms. The molecule has 9 amide bonds. The number of aliphatic imine (C=N–C) groups is 4. The average Bonchev–Trinajstić information content (AvgIpc) is 0.889. The number of hydrogen-bond acceptors (Lipinski definition) is 18. The number of H-pyrrole nitrogens is 1. The summed E-state index contributed by atoms with van der Waals surface area (Å²) < 4.78 is 0. The highest BCUT2D eigenvalue weighted by molar-refractivity contribution is 5.99. The molecule has 0 saturated heterocycles. The van der Waals surface area contributed by atoms with E-state index in [2.05, 4.69) is 77.8 Å². The molecule has 37 nitrogen and oxygen atoms in total. The zero-order valence-electron chi connectivity index (χ0n) is 58.4. The van der Waals surface area contributed by atoms with E-state index >= 15 is 0 Å². The first-order chi connectivity index (χ1) is 48.4. The molecule has 0 fully saturated rings. The fraction of sp³-hybridized carbons (Fsp3) is 0.554. The number of unbranched alkanes of at least 4 members (excludes halogenated alkanes) is 1. The molecule has 3 rings (SSSR count). The Labute approximate surface area is 592 Å². The molecule has 0 radical (unpaired) electrons. The third-order valence-corrected chi connectivity index (χ3v) is 16.2. The van der Waals surface area contributed by atoms with Crippen LogP contribution in [0.4, 0.5) is 0 Å². The fourth-order valence-corrected chi connectivity index (χ4v) is 10.3. The highest BCUT2D eigenvalue weighted by Crippen LogP contribution is 2.17. The van der Waals surface area contributed by atoms with E-state index in [-0.39, 0.29) is 139 Å². The average molecular weight is 1430 g/mol. The molecule has 2 aromatic carbocycles. The molecule has 0 aliphatic rings. The predicted octanol–water partition coefficient (Wildman–Crippen LogP) is -5.04. The third kappa shape index (κ3) is 32.9. The highest BCUT2D eigenvalue weighted by atomic mass is 16.4. The second-order valence-electron chi connectivity index (χ2n) is 24.9. The van der Waals surface area contributed by atoms with Gasteiger partial charge in [-0.2, -0.15) is 0 Å². The van der Waals surface area contributed by atoms with Crippen LogP contribution in [0.3, 0.4) is 0 Å². The number of carboxylic acids is 1. The van der Waals surface area contributed by atoms with Crippen LogP contribution in [0.1, 0.15) is 122 Å². The van der Waals surface area contributed by atoms with Gasteiger partial charge in [0, 0.05) is 57.3 Å². The molecule has 11 atom stereocenters. The lowest BCUT2D eigenvalue weighted by atomic mass is 9.96. The smallest absolute Gasteiger partial charge is 0.326 e. The van der Waals surface area contributed by atoms with E-state index in [1.807, 2.05) is 0 Å². The van der Waals surface area contributed by atoms with Gasteiger partial charge in [-0.3, -0.25) is 63.1 Å². The van der Waals surface area contributed by atoms with Gasteiger partial charge in [0.1, 0.15) is 60.1 Å². The Balaban J connectivity index is 2.00. The number of benzene rings is 2. The topological polar surface area (TPSA) is 658 Å². The molecular formula is C65H107N25O12. The van der Waals surface area contributed by atoms with Gasteiger partial charge < -0.3 is 120 Å². The molecular weight excluding hydrogens is 1320 g/mol. The van der Waals surface area contributed by atoms with Gasteiger partial charge in [0.2, 0.25) is 53.2 Å². The van der Waals surface area contributed by atoms with Crippen molar-refractivity contribution in [2.45, 2.75) is 184 Å². The number of aromatic hydroxyl groups is 1. The van der Waals surface area contributed by atoms with Gasteiger partial charge >= 0.3 is 5.97 Å². The Kier molecular flexibility index (Phi) is 38.3. The first-order valence-corrected chi connectivity index (χ1v) is 33.9. The second-order valence-corrected chi connectivity index (χ2v) is 24.9. The second kappa shape index (κ2) is 45.7. The van der Waals surface area contributed by atoms with Crippen molar-refractivity contribution in [1.29, 1.82) is 0 Å². The molecule has 0 spiro atoms. The zero-order valence-corrected chi connectivity index (χ0v) is 58.4. The molecule has 1 aromatic heterocycles. The predicted molar refractivity (Wildman–Crippen MR) is 384 cm³/mol. The summed E-state index contributed by atoms with van der Waals surface area (Å²) in [5.41, 5.74) is 58.0. The Morgan fingerprint density at radius 1 is 0.451 bits per heavy atom. The number of phenols is 1. The third-order valence-electron chi connectivity index (χ3n) is 16.2. The maximum atomic E-state index is 14.8. The molecule has 32 N–H and O–H groups in total. The Morgan fingerprint density at radius 2 is 0.824 bits per heavy atom. The SMILES string of the molecule is CC[C@H](C)[C@H](NC(=O)[C@H](CCCN=C(N)N)NC(=O)[C@@H](NC(=O)[C@H](Cc1ccccc1)NC(=O)[C@H](Cc1ccc(O)cc1)NC(=O)[C@@H](N)CCCN=C(N)N)C(C)C)C(=O)N[C@@H](CCCCN)C(=O)N[C@@H](CCCN=C(N)N)C(=O)N[C@@H](CCCN=C(N)N)C(=O)N[C@@H](Cc1cnc[nH]1)C(=O)O. The maximum Gasteiger partial charge on any atom is 0.326 e. The van der Waals surface area contributed by atoms with Crippen LogP contribution < -0.4 is 105 Å². The number of aromatic amines is 1. The van der Waals surface area contributed by atoms with Crippen LogP contribution in [0.5, 0.6) is 5.75 Å². The van der Waals surface area contributed by atoms with Crippen LogP contribution in [-0.4, -0.2) is 196 Å². The normalized spacial score (nSPS) is 14.2. The summed E-state index contributed by atoms with van der Waals surface area (Å²) in [7, 11) is 0. The minimum atomic E-state index is -1.47. The van der Waals surface area contributed by atoms with Crippen molar-refractivity contribution in [3.05, 3.63) is 83.9 Å². The van der Waals surface area contributed by atoms with Crippen LogP contribution >= 0.6 is 0 Å². The molecule has 0 saturated carbocycles. The Bertz CT molecular complexity index is 3270. The summed E-state index contributed by atoms with van der Waals surface area (Å²) in [4.78, 5) is 165.